The maximum absolute atomic E-state index is 10.8. The minimum atomic E-state index is -0.989. The van der Waals surface area contributed by atoms with Crippen LogP contribution in [0, 0.1) is 0 Å². The third kappa shape index (κ3) is 4.04. The van der Waals surface area contributed by atoms with Crippen LogP contribution in [0.25, 0.3) is 10.8 Å². The van der Waals surface area contributed by atoms with E-state index in [-0.39, 0.29) is 5.69 Å². The first kappa shape index (κ1) is 16.0. The highest BCUT2D eigenvalue weighted by Crippen LogP contribution is 2.15. The number of pyridine rings is 1. The number of carbonyl (C=O) groups is 2. The molecule has 1 aromatic heterocycles. The van der Waals surface area contributed by atoms with Crippen molar-refractivity contribution in [3.63, 3.8) is 0 Å². The second-order valence-corrected chi connectivity index (χ2v) is 4.67. The van der Waals surface area contributed by atoms with Gasteiger partial charge in [0.2, 0.25) is 5.91 Å². The van der Waals surface area contributed by atoms with Crippen LogP contribution in [0.1, 0.15) is 20.8 Å². The zero-order chi connectivity index (χ0) is 16.8. The number of amides is 1. The van der Waals surface area contributed by atoms with Gasteiger partial charge in [0, 0.05) is 22.8 Å². The first-order valence-electron chi connectivity index (χ1n) is 6.71. The number of aromatic nitrogens is 1. The number of nitrogen functional groups attached to an aromatic ring is 1. The zero-order valence-corrected chi connectivity index (χ0v) is 12.1. The summed E-state index contributed by atoms with van der Waals surface area (Å²) in [5.74, 6) is -1.42. The van der Waals surface area contributed by atoms with Gasteiger partial charge in [0.1, 0.15) is 0 Å². The van der Waals surface area contributed by atoms with Gasteiger partial charge in [0.15, 0.2) is 5.69 Å². The van der Waals surface area contributed by atoms with Gasteiger partial charge in [0.05, 0.1) is 0 Å². The number of carboxylic acid groups (broad SMARTS) is 1. The molecule has 0 fully saturated rings. The topological polar surface area (TPSA) is 119 Å². The number of nitrogens with zero attached hydrogens (tertiary/aromatic N) is 1. The molecule has 0 bridgehead atoms. The Kier molecular flexibility index (Phi) is 4.89. The molecule has 0 aliphatic rings. The second-order valence-electron chi connectivity index (χ2n) is 4.67. The molecule has 3 aromatic rings. The van der Waals surface area contributed by atoms with E-state index in [2.05, 4.69) is 4.98 Å². The molecule has 0 radical (unpaired) electrons. The Morgan fingerprint density at radius 1 is 0.957 bits per heavy atom. The average molecular weight is 309 g/mol. The quantitative estimate of drug-likeness (QED) is 0.627. The Balaban J connectivity index is 0.000000174. The van der Waals surface area contributed by atoms with Crippen molar-refractivity contribution in [2.45, 2.75) is 0 Å². The highest BCUT2D eigenvalue weighted by molar-refractivity contribution is 6.01. The molecule has 0 saturated carbocycles. The smallest absolute Gasteiger partial charge is 0.355 e. The van der Waals surface area contributed by atoms with E-state index in [0.717, 1.165) is 5.39 Å². The Morgan fingerprint density at radius 2 is 1.61 bits per heavy atom. The van der Waals surface area contributed by atoms with Crippen LogP contribution in [0.3, 0.4) is 0 Å². The molecule has 2 aromatic carbocycles. The summed E-state index contributed by atoms with van der Waals surface area (Å²) >= 11 is 0. The van der Waals surface area contributed by atoms with Crippen molar-refractivity contribution in [1.29, 1.82) is 0 Å². The molecule has 6 heteroatoms. The predicted octanol–water partition coefficient (Wildman–Crippen LogP) is 2.30. The number of fused-ring (bicyclic) bond motifs is 1. The number of hydrogen-bond acceptors (Lipinski definition) is 4. The molecule has 0 aliphatic heterocycles. The van der Waals surface area contributed by atoms with Gasteiger partial charge in [-0.2, -0.15) is 0 Å². The molecule has 1 heterocycles. The van der Waals surface area contributed by atoms with Crippen molar-refractivity contribution >= 4 is 28.3 Å². The number of carboxylic acids is 1. The summed E-state index contributed by atoms with van der Waals surface area (Å²) in [6.07, 6.45) is 1.51. The average Bonchev–Trinajstić information content (AvgIpc) is 2.55. The highest BCUT2D eigenvalue weighted by atomic mass is 16.4. The maximum Gasteiger partial charge on any atom is 0.355 e. The van der Waals surface area contributed by atoms with Gasteiger partial charge in [-0.1, -0.05) is 24.3 Å². The van der Waals surface area contributed by atoms with E-state index in [9.17, 15) is 9.59 Å². The number of anilines is 1. The molecule has 5 N–H and O–H groups in total. The van der Waals surface area contributed by atoms with Crippen LogP contribution < -0.4 is 11.5 Å². The second kappa shape index (κ2) is 7.04. The molecule has 23 heavy (non-hydrogen) atoms. The summed E-state index contributed by atoms with van der Waals surface area (Å²) in [4.78, 5) is 25.1. The molecule has 3 rings (SSSR count). The molecule has 116 valence electrons. The van der Waals surface area contributed by atoms with Crippen molar-refractivity contribution in [1.82, 2.24) is 4.98 Å². The Hall–Kier alpha value is -3.41. The maximum atomic E-state index is 10.8. The van der Waals surface area contributed by atoms with E-state index >= 15 is 0 Å². The Labute approximate surface area is 132 Å². The van der Waals surface area contributed by atoms with Crippen molar-refractivity contribution in [2.24, 2.45) is 5.73 Å². The fourth-order valence-electron chi connectivity index (χ4n) is 1.94. The number of primary amides is 1. The third-order valence-corrected chi connectivity index (χ3v) is 3.07. The van der Waals surface area contributed by atoms with Crippen LogP contribution >= 0.6 is 0 Å². The fourth-order valence-corrected chi connectivity index (χ4v) is 1.94. The highest BCUT2D eigenvalue weighted by Gasteiger charge is 2.07. The molecule has 0 spiro atoms. The number of aromatic carboxylic acids is 1. The number of nitrogens with two attached hydrogens (primary N) is 2. The zero-order valence-electron chi connectivity index (χ0n) is 12.1. The summed E-state index contributed by atoms with van der Waals surface area (Å²) in [7, 11) is 0. The molecule has 0 aliphatic carbocycles. The van der Waals surface area contributed by atoms with Crippen LogP contribution in [-0.2, 0) is 0 Å². The van der Waals surface area contributed by atoms with E-state index in [4.69, 9.17) is 16.6 Å². The molecule has 0 atom stereocenters. The lowest BCUT2D eigenvalue weighted by molar-refractivity contribution is 0.0692. The number of hydrogen-bond donors (Lipinski definition) is 3. The lowest BCUT2D eigenvalue weighted by Crippen LogP contribution is -2.10. The van der Waals surface area contributed by atoms with Crippen LogP contribution in [0.2, 0.25) is 0 Å². The largest absolute Gasteiger partial charge is 0.476 e. The molecular formula is C17H15N3O3. The van der Waals surface area contributed by atoms with E-state index < -0.39 is 11.9 Å². The van der Waals surface area contributed by atoms with Crippen LogP contribution in [0.4, 0.5) is 5.69 Å². The monoisotopic (exact) mass is 309 g/mol. The van der Waals surface area contributed by atoms with Crippen molar-refractivity contribution in [2.75, 3.05) is 5.73 Å². The van der Waals surface area contributed by atoms with Gasteiger partial charge in [-0.05, 0) is 35.7 Å². The normalized spacial score (nSPS) is 9.74. The summed E-state index contributed by atoms with van der Waals surface area (Å²) in [5.41, 5.74) is 11.6. The standard InChI is InChI=1S/C10H7NO2.C7H8N2O/c12-10(13)9-8-4-2-1-3-7(8)5-6-11-9;8-6-3-1-5(2-4-6)7(9)10/h1-6H,(H,12,13);1-4H,8H2,(H2,9,10). The third-order valence-electron chi connectivity index (χ3n) is 3.07. The number of carbonyl (C=O) groups excluding carboxylic acids is 1. The minimum absolute atomic E-state index is 0.109. The van der Waals surface area contributed by atoms with Crippen molar-refractivity contribution in [3.8, 4) is 0 Å². The van der Waals surface area contributed by atoms with E-state index in [1.54, 1.807) is 42.5 Å². The van der Waals surface area contributed by atoms with E-state index in [1.807, 2.05) is 12.1 Å². The molecule has 0 saturated heterocycles. The summed E-state index contributed by atoms with van der Waals surface area (Å²) < 4.78 is 0. The first-order chi connectivity index (χ1) is 11.0. The van der Waals surface area contributed by atoms with Gasteiger partial charge in [-0.15, -0.1) is 0 Å². The van der Waals surface area contributed by atoms with Gasteiger partial charge in [-0.25, -0.2) is 9.78 Å². The lowest BCUT2D eigenvalue weighted by atomic mass is 10.1. The molecular weight excluding hydrogens is 294 g/mol. The lowest BCUT2D eigenvalue weighted by Gasteiger charge is -1.99. The van der Waals surface area contributed by atoms with E-state index in [1.165, 1.54) is 6.20 Å². The van der Waals surface area contributed by atoms with Gasteiger partial charge < -0.3 is 16.6 Å². The van der Waals surface area contributed by atoms with Crippen LogP contribution in [0.15, 0.2) is 60.8 Å². The van der Waals surface area contributed by atoms with E-state index in [0.29, 0.717) is 16.6 Å². The molecule has 0 unspecified atom stereocenters. The Morgan fingerprint density at radius 3 is 2.22 bits per heavy atom. The fraction of sp³-hybridized carbons (Fsp3) is 0. The SMILES string of the molecule is NC(=O)c1ccc(N)cc1.O=C(O)c1nccc2ccccc12. The Bertz CT molecular complexity index is 840. The van der Waals surface area contributed by atoms with Gasteiger partial charge in [0.25, 0.3) is 0 Å². The van der Waals surface area contributed by atoms with Gasteiger partial charge >= 0.3 is 5.97 Å². The summed E-state index contributed by atoms with van der Waals surface area (Å²) in [6, 6.07) is 15.6. The first-order valence-corrected chi connectivity index (χ1v) is 6.71. The number of benzene rings is 2. The summed E-state index contributed by atoms with van der Waals surface area (Å²) in [6.45, 7) is 0. The summed E-state index contributed by atoms with van der Waals surface area (Å²) in [5, 5.41) is 10.4. The molecule has 1 amide bonds. The minimum Gasteiger partial charge on any atom is -0.476 e. The predicted molar refractivity (Wildman–Crippen MR) is 88.1 cm³/mol. The molecule has 6 nitrogen and oxygen atoms in total. The van der Waals surface area contributed by atoms with Crippen molar-refractivity contribution < 1.29 is 14.7 Å². The van der Waals surface area contributed by atoms with Crippen molar-refractivity contribution in [3.05, 3.63) is 72.1 Å². The van der Waals surface area contributed by atoms with Crippen LogP contribution in [-0.4, -0.2) is 22.0 Å². The number of rotatable bonds is 2. The van der Waals surface area contributed by atoms with Gasteiger partial charge in [-0.3, -0.25) is 4.79 Å². The van der Waals surface area contributed by atoms with Crippen LogP contribution in [0.5, 0.6) is 0 Å².